The van der Waals surface area contributed by atoms with E-state index in [0.717, 1.165) is 6.07 Å². The smallest absolute Gasteiger partial charge is 0.177 e. The van der Waals surface area contributed by atoms with E-state index in [0.29, 0.717) is 0 Å². The molecule has 0 heterocycles. The van der Waals surface area contributed by atoms with Gasteiger partial charge in [-0.05, 0) is 18.2 Å². The monoisotopic (exact) mass is 207 g/mol. The Labute approximate surface area is 88.4 Å². The quantitative estimate of drug-likeness (QED) is 0.575. The molecule has 0 saturated heterocycles. The van der Waals surface area contributed by atoms with Crippen LogP contribution in [-0.4, -0.2) is 16.0 Å². The fourth-order valence-electron chi connectivity index (χ4n) is 0.871. The fourth-order valence-corrected chi connectivity index (χ4v) is 0.871. The van der Waals surface area contributed by atoms with Crippen LogP contribution in [0.5, 0.6) is 11.5 Å². The number of rotatable bonds is 2. The van der Waals surface area contributed by atoms with Crippen molar-refractivity contribution in [2.75, 3.05) is 0 Å². The van der Waals surface area contributed by atoms with E-state index in [2.05, 4.69) is 0 Å². The van der Waals surface area contributed by atoms with Crippen LogP contribution in [0, 0.1) is 11.3 Å². The van der Waals surface area contributed by atoms with Crippen LogP contribution in [-0.2, 0) is 0 Å². The Morgan fingerprint density at radius 1 is 1.33 bits per heavy atom. The number of phenols is 2. The van der Waals surface area contributed by atoms with Crippen LogP contribution in [0.4, 0.5) is 0 Å². The lowest BCUT2D eigenvalue weighted by atomic mass is 10.1. The van der Waals surface area contributed by atoms with Crippen LogP contribution in [0.15, 0.2) is 18.2 Å². The molecule has 15 heavy (non-hydrogen) atoms. The molecule has 0 atom stereocenters. The van der Waals surface area contributed by atoms with Gasteiger partial charge < -0.3 is 10.2 Å². The van der Waals surface area contributed by atoms with Crippen molar-refractivity contribution in [3.8, 4) is 17.6 Å². The summed E-state index contributed by atoms with van der Waals surface area (Å²) in [6, 6.07) is 5.40. The van der Waals surface area contributed by atoms with E-state index in [9.17, 15) is 4.79 Å². The third kappa shape index (κ3) is 3.69. The largest absolute Gasteiger partial charge is 0.504 e. The van der Waals surface area contributed by atoms with Gasteiger partial charge in [-0.3, -0.25) is 4.79 Å². The van der Waals surface area contributed by atoms with E-state index in [1.165, 1.54) is 12.1 Å². The maximum atomic E-state index is 11.1. The Bertz CT molecular complexity index is 380. The number of phenolic OH excluding ortho intramolecular Hbond substituents is 2. The molecule has 1 aromatic carbocycles. The molecule has 0 spiro atoms. The number of Topliss-reactive ketones (excluding diaryl/α,β-unsaturated/α-hetero) is 1. The summed E-state index contributed by atoms with van der Waals surface area (Å²) in [6.07, 6.45) is -0.232. The minimum atomic E-state index is -0.377. The second-order valence-electron chi connectivity index (χ2n) is 2.46. The van der Waals surface area contributed by atoms with Crippen molar-refractivity contribution in [3.05, 3.63) is 23.8 Å². The summed E-state index contributed by atoms with van der Waals surface area (Å²) in [5.41, 5.74) is 0.219. The number of aromatic hydroxyl groups is 2. The molecule has 0 bridgehead atoms. The van der Waals surface area contributed by atoms with Crippen LogP contribution in [0.2, 0.25) is 0 Å². The molecule has 1 rings (SSSR count). The molecule has 4 heteroatoms. The number of nitriles is 1. The van der Waals surface area contributed by atoms with Gasteiger partial charge in [0.05, 0.1) is 12.5 Å². The number of hydrogen-bond donors (Lipinski definition) is 2. The van der Waals surface area contributed by atoms with Crippen LogP contribution in [0.25, 0.3) is 0 Å². The summed E-state index contributed by atoms with van der Waals surface area (Å²) >= 11 is 0. The first-order valence-electron chi connectivity index (χ1n) is 4.57. The van der Waals surface area contributed by atoms with Gasteiger partial charge in [-0.15, -0.1) is 0 Å². The first-order valence-corrected chi connectivity index (χ1v) is 4.57. The second-order valence-corrected chi connectivity index (χ2v) is 2.46. The average molecular weight is 207 g/mol. The predicted octanol–water partition coefficient (Wildman–Crippen LogP) is 2.22. The molecule has 0 radical (unpaired) electrons. The maximum Gasteiger partial charge on any atom is 0.177 e. The first kappa shape index (κ1) is 13.0. The molecule has 0 fully saturated rings. The lowest BCUT2D eigenvalue weighted by Gasteiger charge is -1.99. The minimum Gasteiger partial charge on any atom is -0.504 e. The van der Waals surface area contributed by atoms with E-state index in [1.807, 2.05) is 13.8 Å². The van der Waals surface area contributed by atoms with Crippen LogP contribution < -0.4 is 0 Å². The Balaban J connectivity index is 0.000000921. The third-order valence-electron chi connectivity index (χ3n) is 1.54. The zero-order valence-electron chi connectivity index (χ0n) is 8.69. The minimum absolute atomic E-state index is 0.219. The SMILES string of the molecule is CC.N#CCC(=O)c1ccc(O)c(O)c1. The van der Waals surface area contributed by atoms with Gasteiger partial charge in [-0.25, -0.2) is 0 Å². The van der Waals surface area contributed by atoms with Crippen molar-refractivity contribution in [2.24, 2.45) is 0 Å². The van der Waals surface area contributed by atoms with Gasteiger partial charge in [-0.1, -0.05) is 13.8 Å². The molecule has 0 aliphatic heterocycles. The van der Waals surface area contributed by atoms with E-state index < -0.39 is 0 Å². The first-order chi connectivity index (χ1) is 7.15. The fraction of sp³-hybridized carbons (Fsp3) is 0.273. The van der Waals surface area contributed by atoms with Crippen LogP contribution >= 0.6 is 0 Å². The van der Waals surface area contributed by atoms with Crippen LogP contribution in [0.1, 0.15) is 30.6 Å². The van der Waals surface area contributed by atoms with Crippen molar-refractivity contribution >= 4 is 5.78 Å². The number of benzene rings is 1. The molecule has 0 unspecified atom stereocenters. The highest BCUT2D eigenvalue weighted by Crippen LogP contribution is 2.25. The predicted molar refractivity (Wildman–Crippen MR) is 55.7 cm³/mol. The zero-order valence-corrected chi connectivity index (χ0v) is 8.69. The van der Waals surface area contributed by atoms with Gasteiger partial charge in [-0.2, -0.15) is 5.26 Å². The molecule has 0 amide bonds. The number of carbonyl (C=O) groups is 1. The van der Waals surface area contributed by atoms with Crippen molar-refractivity contribution in [3.63, 3.8) is 0 Å². The van der Waals surface area contributed by atoms with Gasteiger partial charge in [0.1, 0.15) is 0 Å². The third-order valence-corrected chi connectivity index (χ3v) is 1.54. The van der Waals surface area contributed by atoms with E-state index in [4.69, 9.17) is 15.5 Å². The highest BCUT2D eigenvalue weighted by molar-refractivity contribution is 5.97. The van der Waals surface area contributed by atoms with Gasteiger partial charge in [0, 0.05) is 5.56 Å². The molecular weight excluding hydrogens is 194 g/mol. The second kappa shape index (κ2) is 6.44. The van der Waals surface area contributed by atoms with Crippen molar-refractivity contribution < 1.29 is 15.0 Å². The molecule has 0 aromatic heterocycles. The summed E-state index contributed by atoms with van der Waals surface area (Å²) in [6.45, 7) is 4.00. The highest BCUT2D eigenvalue weighted by Gasteiger charge is 2.07. The highest BCUT2D eigenvalue weighted by atomic mass is 16.3. The topological polar surface area (TPSA) is 81.3 Å². The molecule has 0 saturated carbocycles. The zero-order chi connectivity index (χ0) is 11.8. The summed E-state index contributed by atoms with van der Waals surface area (Å²) in [4.78, 5) is 11.1. The van der Waals surface area contributed by atoms with Crippen molar-refractivity contribution in [1.82, 2.24) is 0 Å². The van der Waals surface area contributed by atoms with E-state index in [-0.39, 0.29) is 29.3 Å². The van der Waals surface area contributed by atoms with Gasteiger partial charge >= 0.3 is 0 Å². The normalized spacial score (nSPS) is 8.33. The van der Waals surface area contributed by atoms with Gasteiger partial charge in [0.25, 0.3) is 0 Å². The Morgan fingerprint density at radius 3 is 2.40 bits per heavy atom. The van der Waals surface area contributed by atoms with E-state index in [1.54, 1.807) is 6.07 Å². The van der Waals surface area contributed by atoms with Crippen LogP contribution in [0.3, 0.4) is 0 Å². The summed E-state index contributed by atoms with van der Waals surface area (Å²) in [5.74, 6) is -1.02. The average Bonchev–Trinajstić information content (AvgIpc) is 2.25. The molecule has 80 valence electrons. The lowest BCUT2D eigenvalue weighted by molar-refractivity contribution is 0.0997. The van der Waals surface area contributed by atoms with Gasteiger partial charge in [0.15, 0.2) is 17.3 Å². The summed E-state index contributed by atoms with van der Waals surface area (Å²) in [7, 11) is 0. The number of carbonyl (C=O) groups excluding carboxylic acids is 1. The van der Waals surface area contributed by atoms with E-state index >= 15 is 0 Å². The number of ketones is 1. The molecule has 0 aliphatic rings. The number of nitrogens with zero attached hydrogens (tertiary/aromatic N) is 1. The Morgan fingerprint density at radius 2 is 1.93 bits per heavy atom. The standard InChI is InChI=1S/C9H7NO3.C2H6/c10-4-3-7(11)6-1-2-8(12)9(13)5-6;1-2/h1-2,5,12-13H,3H2;1-2H3. The Hall–Kier alpha value is -2.02. The summed E-state index contributed by atoms with van der Waals surface area (Å²) < 4.78 is 0. The van der Waals surface area contributed by atoms with Crippen molar-refractivity contribution in [2.45, 2.75) is 20.3 Å². The molecule has 0 aliphatic carbocycles. The maximum absolute atomic E-state index is 11.1. The Kier molecular flexibility index (Phi) is 5.57. The molecule has 2 N–H and O–H groups in total. The molecule has 4 nitrogen and oxygen atoms in total. The number of hydrogen-bond acceptors (Lipinski definition) is 4. The molecule has 1 aromatic rings. The van der Waals surface area contributed by atoms with Gasteiger partial charge in [0.2, 0.25) is 0 Å². The lowest BCUT2D eigenvalue weighted by Crippen LogP contribution is -1.96. The molecular formula is C11H13NO3. The summed E-state index contributed by atoms with van der Waals surface area (Å²) in [5, 5.41) is 26.2. The van der Waals surface area contributed by atoms with Crippen molar-refractivity contribution in [1.29, 1.82) is 5.26 Å².